The van der Waals surface area contributed by atoms with Crippen molar-refractivity contribution in [2.75, 3.05) is 26.0 Å². The zero-order valence-corrected chi connectivity index (χ0v) is 21.0. The molecule has 0 N–H and O–H groups in total. The molecule has 0 heterocycles. The molecule has 2 rings (SSSR count). The van der Waals surface area contributed by atoms with Crippen LogP contribution in [-0.2, 0) is 23.1 Å². The fraction of sp³-hybridized carbons (Fsp3) is 0.409. The zero-order chi connectivity index (χ0) is 22.7. The third-order valence-corrected chi connectivity index (χ3v) is 6.88. The molecule has 2 aromatic rings. The summed E-state index contributed by atoms with van der Waals surface area (Å²) in [5.74, 6) is 1.43. The molecule has 0 fully saturated rings. The molecule has 0 aromatic heterocycles. The van der Waals surface area contributed by atoms with Crippen LogP contribution in [-0.4, -0.2) is 38.1 Å². The number of hydrogen-bond acceptors (Lipinski definition) is 7. The predicted octanol–water partition coefficient (Wildman–Crippen LogP) is 6.05. The van der Waals surface area contributed by atoms with Gasteiger partial charge in [-0.25, -0.2) is 4.79 Å². The molecule has 0 aliphatic rings. The molecule has 1 atom stereocenters. The van der Waals surface area contributed by atoms with Crippen LogP contribution in [0, 0.1) is 3.57 Å². The van der Waals surface area contributed by atoms with Gasteiger partial charge in [0, 0.05) is 3.57 Å². The molecule has 0 radical (unpaired) electrons. The fourth-order valence-corrected chi connectivity index (χ4v) is 4.58. The Morgan fingerprint density at radius 2 is 1.45 bits per heavy atom. The van der Waals surface area contributed by atoms with Crippen molar-refractivity contribution in [1.82, 2.24) is 0 Å². The Balaban J connectivity index is 1.76. The second kappa shape index (κ2) is 13.1. The third kappa shape index (κ3) is 9.19. The van der Waals surface area contributed by atoms with E-state index in [0.29, 0.717) is 31.1 Å². The molecule has 0 amide bonds. The van der Waals surface area contributed by atoms with Gasteiger partial charge < -0.3 is 23.3 Å². The van der Waals surface area contributed by atoms with E-state index in [1.54, 1.807) is 45.0 Å². The summed E-state index contributed by atoms with van der Waals surface area (Å²) in [6, 6.07) is 14.7. The summed E-state index contributed by atoms with van der Waals surface area (Å²) in [4.78, 5) is 12.2. The lowest BCUT2D eigenvalue weighted by atomic mass is 10.3. The molecular weight excluding hydrogens is 534 g/mol. The van der Waals surface area contributed by atoms with E-state index in [1.807, 2.05) is 24.3 Å². The Kier molecular flexibility index (Phi) is 10.8. The van der Waals surface area contributed by atoms with Crippen molar-refractivity contribution in [2.45, 2.75) is 33.3 Å². The van der Waals surface area contributed by atoms with Crippen molar-refractivity contribution in [3.63, 3.8) is 0 Å². The van der Waals surface area contributed by atoms with Crippen molar-refractivity contribution >= 4 is 36.2 Å². The van der Waals surface area contributed by atoms with Crippen LogP contribution in [0.25, 0.3) is 0 Å². The van der Waals surface area contributed by atoms with Crippen LogP contribution in [0.4, 0.5) is 0 Å². The second-order valence-electron chi connectivity index (χ2n) is 6.48. The Morgan fingerprint density at radius 1 is 0.935 bits per heavy atom. The number of esters is 1. The van der Waals surface area contributed by atoms with Gasteiger partial charge in [0.1, 0.15) is 17.2 Å². The van der Waals surface area contributed by atoms with E-state index in [-0.39, 0.29) is 12.8 Å². The smallest absolute Gasteiger partial charge is 0.347 e. The van der Waals surface area contributed by atoms with Gasteiger partial charge in [0.25, 0.3) is 0 Å². The van der Waals surface area contributed by atoms with Crippen molar-refractivity contribution in [2.24, 2.45) is 0 Å². The molecule has 170 valence electrons. The minimum atomic E-state index is -3.13. The molecule has 0 aliphatic heterocycles. The van der Waals surface area contributed by atoms with E-state index in [2.05, 4.69) is 22.6 Å². The number of carbonyl (C=O) groups is 1. The van der Waals surface area contributed by atoms with Crippen molar-refractivity contribution in [1.29, 1.82) is 0 Å². The lowest BCUT2D eigenvalue weighted by Gasteiger charge is -2.17. The minimum Gasteiger partial charge on any atom is -0.479 e. The molecule has 0 saturated carbocycles. The van der Waals surface area contributed by atoms with Crippen LogP contribution in [0.5, 0.6) is 17.2 Å². The standard InChI is InChI=1S/C22H28IO7P/c1-4-27-31(25,28-5-2)16-6-15-26-22(24)17(3)29-19-11-13-21(14-12-19)30-20-9-7-18(23)8-10-20/h7-14,17H,4-6,15-16H2,1-3H3/t17-/m1/s1. The van der Waals surface area contributed by atoms with Gasteiger partial charge >= 0.3 is 13.6 Å². The molecule has 0 aliphatic carbocycles. The van der Waals surface area contributed by atoms with Gasteiger partial charge in [-0.15, -0.1) is 0 Å². The van der Waals surface area contributed by atoms with Crippen LogP contribution in [0.15, 0.2) is 48.5 Å². The maximum Gasteiger partial charge on any atom is 0.347 e. The normalized spacial score (nSPS) is 12.3. The van der Waals surface area contributed by atoms with Crippen molar-refractivity contribution < 1.29 is 32.6 Å². The van der Waals surface area contributed by atoms with E-state index >= 15 is 0 Å². The van der Waals surface area contributed by atoms with Crippen LogP contribution in [0.3, 0.4) is 0 Å². The van der Waals surface area contributed by atoms with E-state index in [9.17, 15) is 9.36 Å². The first-order chi connectivity index (χ1) is 14.8. The first-order valence-corrected chi connectivity index (χ1v) is 12.9. The highest BCUT2D eigenvalue weighted by Crippen LogP contribution is 2.48. The largest absolute Gasteiger partial charge is 0.479 e. The monoisotopic (exact) mass is 562 g/mol. The topological polar surface area (TPSA) is 80.3 Å². The highest BCUT2D eigenvalue weighted by molar-refractivity contribution is 14.1. The van der Waals surface area contributed by atoms with E-state index < -0.39 is 19.7 Å². The van der Waals surface area contributed by atoms with E-state index in [0.717, 1.165) is 9.32 Å². The number of rotatable bonds is 13. The van der Waals surface area contributed by atoms with Crippen LogP contribution in [0.2, 0.25) is 0 Å². The average Bonchev–Trinajstić information content (AvgIpc) is 2.74. The number of benzene rings is 2. The van der Waals surface area contributed by atoms with Crippen molar-refractivity contribution in [3.8, 4) is 17.2 Å². The number of hydrogen-bond donors (Lipinski definition) is 0. The Bertz CT molecular complexity index is 845. The summed E-state index contributed by atoms with van der Waals surface area (Å²) >= 11 is 2.23. The predicted molar refractivity (Wildman–Crippen MR) is 127 cm³/mol. The van der Waals surface area contributed by atoms with Crippen molar-refractivity contribution in [3.05, 3.63) is 52.1 Å². The lowest BCUT2D eigenvalue weighted by Crippen LogP contribution is -2.26. The summed E-state index contributed by atoms with van der Waals surface area (Å²) in [6.45, 7) is 5.84. The number of carbonyl (C=O) groups excluding carboxylic acids is 1. The van der Waals surface area contributed by atoms with Gasteiger partial charge in [0.05, 0.1) is 26.0 Å². The highest BCUT2D eigenvalue weighted by atomic mass is 127. The number of halogens is 1. The van der Waals surface area contributed by atoms with Gasteiger partial charge in [-0.05, 0) is 98.3 Å². The van der Waals surface area contributed by atoms with Crippen LogP contribution in [0.1, 0.15) is 27.2 Å². The molecule has 0 saturated heterocycles. The molecule has 9 heteroatoms. The summed E-state index contributed by atoms with van der Waals surface area (Å²) in [6.07, 6.45) is -0.215. The van der Waals surface area contributed by atoms with E-state index in [1.165, 1.54) is 0 Å². The third-order valence-electron chi connectivity index (χ3n) is 3.99. The van der Waals surface area contributed by atoms with Gasteiger partial charge in [0.2, 0.25) is 0 Å². The lowest BCUT2D eigenvalue weighted by molar-refractivity contribution is -0.151. The second-order valence-corrected chi connectivity index (χ2v) is 9.91. The first kappa shape index (κ1) is 25.6. The minimum absolute atomic E-state index is 0.111. The molecular formula is C22H28IO7P. The number of ether oxygens (including phenoxy) is 3. The SMILES string of the molecule is CCOP(=O)(CCCOC(=O)[C@@H](C)Oc1ccc(Oc2ccc(I)cc2)cc1)OCC. The first-order valence-electron chi connectivity index (χ1n) is 10.1. The van der Waals surface area contributed by atoms with Gasteiger partial charge in [-0.3, -0.25) is 4.57 Å². The average molecular weight is 562 g/mol. The van der Waals surface area contributed by atoms with Gasteiger partial charge in [-0.2, -0.15) is 0 Å². The quantitative estimate of drug-likeness (QED) is 0.127. The zero-order valence-electron chi connectivity index (χ0n) is 17.9. The van der Waals surface area contributed by atoms with Crippen LogP contribution >= 0.6 is 30.2 Å². The molecule has 31 heavy (non-hydrogen) atoms. The molecule has 7 nitrogen and oxygen atoms in total. The van der Waals surface area contributed by atoms with Crippen LogP contribution < -0.4 is 9.47 Å². The Hall–Kier alpha value is -1.61. The summed E-state index contributed by atoms with van der Waals surface area (Å²) in [7, 11) is -3.13. The molecule has 0 unspecified atom stereocenters. The summed E-state index contributed by atoms with van der Waals surface area (Å²) in [5, 5.41) is 0. The van der Waals surface area contributed by atoms with Gasteiger partial charge in [0.15, 0.2) is 6.10 Å². The summed E-state index contributed by atoms with van der Waals surface area (Å²) in [5.41, 5.74) is 0. The van der Waals surface area contributed by atoms with E-state index in [4.69, 9.17) is 23.3 Å². The Labute approximate surface area is 197 Å². The van der Waals surface area contributed by atoms with Gasteiger partial charge in [-0.1, -0.05) is 0 Å². The molecule has 2 aromatic carbocycles. The maximum absolute atomic E-state index is 12.4. The maximum atomic E-state index is 12.4. The highest BCUT2D eigenvalue weighted by Gasteiger charge is 2.23. The molecule has 0 spiro atoms. The Morgan fingerprint density at radius 3 is 2.00 bits per heavy atom. The molecule has 0 bridgehead atoms. The summed E-state index contributed by atoms with van der Waals surface area (Å²) < 4.78 is 40.6. The fourth-order valence-electron chi connectivity index (χ4n) is 2.59.